The number of hydrogen-bond acceptors (Lipinski definition) is 3. The van der Waals surface area contributed by atoms with E-state index in [1.807, 2.05) is 0 Å². The van der Waals surface area contributed by atoms with Crippen LogP contribution in [0.2, 0.25) is 5.02 Å². The van der Waals surface area contributed by atoms with Crippen molar-refractivity contribution in [3.05, 3.63) is 58.9 Å². The van der Waals surface area contributed by atoms with Gasteiger partial charge >= 0.3 is 0 Å². The van der Waals surface area contributed by atoms with Crippen LogP contribution in [0.5, 0.6) is 5.75 Å². The molecular weight excluding hydrogens is 317 g/mol. The summed E-state index contributed by atoms with van der Waals surface area (Å²) in [6.45, 7) is 0.00166. The minimum Gasteiger partial charge on any atom is -0.495 e. The fourth-order valence-electron chi connectivity index (χ4n) is 1.75. The normalized spacial score (nSPS) is 11.4. The number of rotatable bonds is 5. The number of methoxy groups -OCH3 is 1. The van der Waals surface area contributed by atoms with Crippen LogP contribution in [0, 0.1) is 5.82 Å². The third kappa shape index (κ3) is 3.72. The van der Waals surface area contributed by atoms with E-state index in [4.69, 9.17) is 16.3 Å². The molecule has 0 saturated heterocycles. The Morgan fingerprint density at radius 1 is 1.24 bits per heavy atom. The molecule has 0 aliphatic carbocycles. The lowest BCUT2D eigenvalue weighted by Gasteiger charge is -2.11. The van der Waals surface area contributed by atoms with Crippen LogP contribution < -0.4 is 9.46 Å². The van der Waals surface area contributed by atoms with Gasteiger partial charge in [0.15, 0.2) is 0 Å². The highest BCUT2D eigenvalue weighted by molar-refractivity contribution is 7.89. The fourth-order valence-corrected chi connectivity index (χ4v) is 3.14. The number of benzene rings is 2. The van der Waals surface area contributed by atoms with E-state index in [9.17, 15) is 12.8 Å². The molecule has 0 atom stereocenters. The molecule has 112 valence electrons. The van der Waals surface area contributed by atoms with Gasteiger partial charge in [0.1, 0.15) is 16.5 Å². The van der Waals surface area contributed by atoms with Crippen molar-refractivity contribution < 1.29 is 17.5 Å². The molecule has 2 aromatic carbocycles. The Bertz CT molecular complexity index is 750. The van der Waals surface area contributed by atoms with E-state index in [1.165, 1.54) is 13.2 Å². The van der Waals surface area contributed by atoms with Gasteiger partial charge in [-0.05, 0) is 29.8 Å². The van der Waals surface area contributed by atoms with E-state index in [0.29, 0.717) is 10.6 Å². The molecule has 0 fully saturated rings. The third-order valence-corrected chi connectivity index (χ3v) is 4.62. The van der Waals surface area contributed by atoms with Gasteiger partial charge in [0.2, 0.25) is 10.0 Å². The van der Waals surface area contributed by atoms with Crippen molar-refractivity contribution in [3.63, 3.8) is 0 Å². The van der Waals surface area contributed by atoms with Crippen LogP contribution in [0.3, 0.4) is 0 Å². The molecule has 0 aromatic heterocycles. The molecule has 0 saturated carbocycles. The molecule has 7 heteroatoms. The highest BCUT2D eigenvalue weighted by Crippen LogP contribution is 2.24. The Kier molecular flexibility index (Phi) is 4.82. The molecule has 0 amide bonds. The second-order valence-corrected chi connectivity index (χ2v) is 6.35. The summed E-state index contributed by atoms with van der Waals surface area (Å²) in [4.78, 5) is -0.253. The number of hydrogen-bond donors (Lipinski definition) is 1. The first-order valence-electron chi connectivity index (χ1n) is 6.00. The highest BCUT2D eigenvalue weighted by Gasteiger charge is 2.20. The van der Waals surface area contributed by atoms with Crippen molar-refractivity contribution in [3.8, 4) is 5.75 Å². The van der Waals surface area contributed by atoms with Gasteiger partial charge in [-0.1, -0.05) is 29.8 Å². The van der Waals surface area contributed by atoms with Gasteiger partial charge in [0.25, 0.3) is 0 Å². The minimum absolute atomic E-state index is 0.00166. The maximum atomic E-state index is 13.3. The molecule has 0 radical (unpaired) electrons. The quantitative estimate of drug-likeness (QED) is 0.917. The highest BCUT2D eigenvalue weighted by atomic mass is 35.5. The molecule has 0 bridgehead atoms. The minimum atomic E-state index is -3.91. The van der Waals surface area contributed by atoms with E-state index in [0.717, 1.165) is 12.1 Å². The molecule has 0 heterocycles. The molecule has 0 unspecified atom stereocenters. The van der Waals surface area contributed by atoms with E-state index < -0.39 is 15.8 Å². The molecular formula is C14H13ClFNO3S. The van der Waals surface area contributed by atoms with Gasteiger partial charge in [0.05, 0.1) is 7.11 Å². The van der Waals surface area contributed by atoms with Crippen molar-refractivity contribution in [2.75, 3.05) is 7.11 Å². The topological polar surface area (TPSA) is 55.4 Å². The Hall–Kier alpha value is -1.63. The largest absolute Gasteiger partial charge is 0.495 e. The molecule has 21 heavy (non-hydrogen) atoms. The van der Waals surface area contributed by atoms with Crippen molar-refractivity contribution in [1.82, 2.24) is 4.72 Å². The fraction of sp³-hybridized carbons (Fsp3) is 0.143. The van der Waals surface area contributed by atoms with Crippen LogP contribution in [0.25, 0.3) is 0 Å². The van der Waals surface area contributed by atoms with Crippen molar-refractivity contribution in [2.45, 2.75) is 11.4 Å². The van der Waals surface area contributed by atoms with Crippen LogP contribution >= 0.6 is 11.6 Å². The second kappa shape index (κ2) is 6.43. The van der Waals surface area contributed by atoms with Gasteiger partial charge in [0, 0.05) is 11.6 Å². The zero-order valence-electron chi connectivity index (χ0n) is 11.1. The van der Waals surface area contributed by atoms with Crippen molar-refractivity contribution >= 4 is 21.6 Å². The summed E-state index contributed by atoms with van der Waals surface area (Å²) < 4.78 is 45.1. The Morgan fingerprint density at radius 2 is 1.95 bits per heavy atom. The number of ether oxygens (including phenoxy) is 1. The maximum Gasteiger partial charge on any atom is 0.244 e. The smallest absolute Gasteiger partial charge is 0.244 e. The van der Waals surface area contributed by atoms with Crippen molar-refractivity contribution in [2.24, 2.45) is 0 Å². The molecule has 0 aliphatic rings. The Morgan fingerprint density at radius 3 is 2.62 bits per heavy atom. The monoisotopic (exact) mass is 329 g/mol. The zero-order chi connectivity index (χ0) is 15.5. The predicted octanol–water partition coefficient (Wildman–Crippen LogP) is 2.97. The summed E-state index contributed by atoms with van der Waals surface area (Å²) in [5.74, 6) is -0.586. The van der Waals surface area contributed by atoms with Crippen molar-refractivity contribution in [1.29, 1.82) is 0 Å². The van der Waals surface area contributed by atoms with Gasteiger partial charge in [-0.25, -0.2) is 17.5 Å². The van der Waals surface area contributed by atoms with Crippen LogP contribution in [-0.2, 0) is 16.6 Å². The van der Waals surface area contributed by atoms with Gasteiger partial charge < -0.3 is 4.74 Å². The molecule has 1 N–H and O–H groups in total. The predicted molar refractivity (Wildman–Crippen MR) is 78.4 cm³/mol. The van der Waals surface area contributed by atoms with Gasteiger partial charge in [-0.15, -0.1) is 0 Å². The molecule has 2 rings (SSSR count). The van der Waals surface area contributed by atoms with E-state index in [2.05, 4.69) is 4.72 Å². The standard InChI is InChI=1S/C14H13ClFNO3S/c1-20-13-7-6-11(16)8-14(13)21(18,19)17-9-10-4-2-3-5-12(10)15/h2-8,17H,9H2,1H3. The zero-order valence-corrected chi connectivity index (χ0v) is 12.7. The van der Waals surface area contributed by atoms with Crippen LogP contribution in [0.4, 0.5) is 4.39 Å². The molecule has 0 aliphatic heterocycles. The number of nitrogens with one attached hydrogen (secondary N) is 1. The average Bonchev–Trinajstić information content (AvgIpc) is 2.46. The SMILES string of the molecule is COc1ccc(F)cc1S(=O)(=O)NCc1ccccc1Cl. The molecule has 0 spiro atoms. The van der Waals surface area contributed by atoms with E-state index >= 15 is 0 Å². The van der Waals surface area contributed by atoms with Gasteiger partial charge in [-0.2, -0.15) is 0 Å². The summed E-state index contributed by atoms with van der Waals surface area (Å²) >= 11 is 5.96. The summed E-state index contributed by atoms with van der Waals surface area (Å²) in [6, 6.07) is 10.2. The summed E-state index contributed by atoms with van der Waals surface area (Å²) in [7, 11) is -2.59. The first-order valence-corrected chi connectivity index (χ1v) is 7.87. The maximum absolute atomic E-state index is 13.3. The third-order valence-electron chi connectivity index (χ3n) is 2.83. The number of halogens is 2. The van der Waals surface area contributed by atoms with Crippen LogP contribution in [-0.4, -0.2) is 15.5 Å². The molecule has 2 aromatic rings. The van der Waals surface area contributed by atoms with Crippen LogP contribution in [0.1, 0.15) is 5.56 Å². The Balaban J connectivity index is 2.27. The van der Waals surface area contributed by atoms with E-state index in [-0.39, 0.29) is 17.2 Å². The second-order valence-electron chi connectivity index (χ2n) is 4.21. The summed E-state index contributed by atoms with van der Waals surface area (Å²) in [6.07, 6.45) is 0. The summed E-state index contributed by atoms with van der Waals surface area (Å²) in [5.41, 5.74) is 0.623. The lowest BCUT2D eigenvalue weighted by atomic mass is 10.2. The lowest BCUT2D eigenvalue weighted by Crippen LogP contribution is -2.24. The van der Waals surface area contributed by atoms with E-state index in [1.54, 1.807) is 24.3 Å². The number of sulfonamides is 1. The first-order chi connectivity index (χ1) is 9.94. The average molecular weight is 330 g/mol. The van der Waals surface area contributed by atoms with Crippen LogP contribution in [0.15, 0.2) is 47.4 Å². The Labute approximate surface area is 127 Å². The lowest BCUT2D eigenvalue weighted by molar-refractivity contribution is 0.400. The summed E-state index contributed by atoms with van der Waals surface area (Å²) in [5, 5.41) is 0.450. The van der Waals surface area contributed by atoms with Gasteiger partial charge in [-0.3, -0.25) is 0 Å². The first kappa shape index (κ1) is 15.8. The molecule has 4 nitrogen and oxygen atoms in total.